The largest absolute Gasteiger partial charge is 0.389 e. The van der Waals surface area contributed by atoms with E-state index in [1.165, 1.54) is 6.07 Å². The van der Waals surface area contributed by atoms with E-state index in [1.807, 2.05) is 13.0 Å². The molecular weight excluding hydrogens is 285 g/mol. The van der Waals surface area contributed by atoms with Gasteiger partial charge < -0.3 is 10.4 Å². The van der Waals surface area contributed by atoms with Crippen molar-refractivity contribution in [3.8, 4) is 0 Å². The van der Waals surface area contributed by atoms with Crippen LogP contribution in [0.25, 0.3) is 0 Å². The minimum Gasteiger partial charge on any atom is -0.389 e. The van der Waals surface area contributed by atoms with Crippen molar-refractivity contribution in [2.75, 3.05) is 13.1 Å². The lowest BCUT2D eigenvalue weighted by Crippen LogP contribution is -2.50. The summed E-state index contributed by atoms with van der Waals surface area (Å²) in [6.45, 7) is 3.66. The molecule has 1 aliphatic rings. The molecule has 94 valence electrons. The lowest BCUT2D eigenvalue weighted by molar-refractivity contribution is -0.0329. The molecule has 0 aliphatic carbocycles. The Labute approximate surface area is 109 Å². The van der Waals surface area contributed by atoms with Crippen LogP contribution >= 0.6 is 15.9 Å². The molecule has 1 aromatic carbocycles. The third-order valence-electron chi connectivity index (χ3n) is 3.60. The van der Waals surface area contributed by atoms with Gasteiger partial charge >= 0.3 is 0 Å². The van der Waals surface area contributed by atoms with Crippen molar-refractivity contribution in [2.45, 2.75) is 25.4 Å². The fourth-order valence-electron chi connectivity index (χ4n) is 2.33. The van der Waals surface area contributed by atoms with E-state index < -0.39 is 5.60 Å². The SMILES string of the molecule is CC1CNCCC1(O)Cc1ccc(Br)c(F)c1. The van der Waals surface area contributed by atoms with Crippen molar-refractivity contribution >= 4 is 15.9 Å². The third-order valence-corrected chi connectivity index (χ3v) is 4.24. The summed E-state index contributed by atoms with van der Waals surface area (Å²) in [5.41, 5.74) is 0.132. The van der Waals surface area contributed by atoms with E-state index in [2.05, 4.69) is 21.2 Å². The minimum absolute atomic E-state index is 0.183. The molecule has 2 N–H and O–H groups in total. The molecule has 0 spiro atoms. The van der Waals surface area contributed by atoms with Gasteiger partial charge in [-0.1, -0.05) is 13.0 Å². The average Bonchev–Trinajstić information content (AvgIpc) is 2.28. The summed E-state index contributed by atoms with van der Waals surface area (Å²) in [6.07, 6.45) is 1.23. The van der Waals surface area contributed by atoms with E-state index in [0.29, 0.717) is 17.3 Å². The second-order valence-electron chi connectivity index (χ2n) is 4.88. The van der Waals surface area contributed by atoms with Crippen molar-refractivity contribution in [3.63, 3.8) is 0 Å². The Morgan fingerprint density at radius 2 is 2.35 bits per heavy atom. The zero-order valence-corrected chi connectivity index (χ0v) is 11.4. The van der Waals surface area contributed by atoms with E-state index >= 15 is 0 Å². The predicted octanol–water partition coefficient (Wildman–Crippen LogP) is 2.49. The van der Waals surface area contributed by atoms with Crippen molar-refractivity contribution in [2.24, 2.45) is 5.92 Å². The van der Waals surface area contributed by atoms with E-state index in [1.54, 1.807) is 6.07 Å². The summed E-state index contributed by atoms with van der Waals surface area (Å²) < 4.78 is 13.9. The normalized spacial score (nSPS) is 29.3. The standard InChI is InChI=1S/C13H17BrFNO/c1-9-8-16-5-4-13(9,17)7-10-2-3-11(14)12(15)6-10/h2-3,6,9,16-17H,4-5,7-8H2,1H3. The predicted molar refractivity (Wildman–Crippen MR) is 69.4 cm³/mol. The van der Waals surface area contributed by atoms with Crippen LogP contribution in [0.5, 0.6) is 0 Å². The molecule has 2 nitrogen and oxygen atoms in total. The van der Waals surface area contributed by atoms with E-state index in [0.717, 1.165) is 18.7 Å². The van der Waals surface area contributed by atoms with Gasteiger partial charge in [0.25, 0.3) is 0 Å². The quantitative estimate of drug-likeness (QED) is 0.880. The van der Waals surface area contributed by atoms with Gasteiger partial charge in [0.2, 0.25) is 0 Å². The third kappa shape index (κ3) is 2.87. The lowest BCUT2D eigenvalue weighted by Gasteiger charge is -2.38. The van der Waals surface area contributed by atoms with Crippen molar-refractivity contribution in [3.05, 3.63) is 34.1 Å². The molecular formula is C13H17BrFNO. The van der Waals surface area contributed by atoms with Crippen molar-refractivity contribution in [1.82, 2.24) is 5.32 Å². The summed E-state index contributed by atoms with van der Waals surface area (Å²) in [4.78, 5) is 0. The number of rotatable bonds is 2. The molecule has 2 unspecified atom stereocenters. The van der Waals surface area contributed by atoms with Gasteiger partial charge in [0.05, 0.1) is 10.1 Å². The number of hydrogen-bond donors (Lipinski definition) is 2. The molecule has 17 heavy (non-hydrogen) atoms. The lowest BCUT2D eigenvalue weighted by atomic mass is 9.78. The summed E-state index contributed by atoms with van der Waals surface area (Å²) in [5.74, 6) is -0.0874. The molecule has 0 amide bonds. The molecule has 0 bridgehead atoms. The molecule has 0 saturated carbocycles. The maximum atomic E-state index is 13.4. The number of hydrogen-bond acceptors (Lipinski definition) is 2. The average molecular weight is 302 g/mol. The number of benzene rings is 1. The van der Waals surface area contributed by atoms with Crippen LogP contribution in [0.4, 0.5) is 4.39 Å². The fourth-order valence-corrected chi connectivity index (χ4v) is 2.57. The smallest absolute Gasteiger partial charge is 0.137 e. The van der Waals surface area contributed by atoms with Crippen molar-refractivity contribution < 1.29 is 9.50 Å². The van der Waals surface area contributed by atoms with Crippen LogP contribution in [0.3, 0.4) is 0 Å². The Bertz CT molecular complexity index is 412. The van der Waals surface area contributed by atoms with Gasteiger partial charge in [-0.2, -0.15) is 0 Å². The maximum Gasteiger partial charge on any atom is 0.137 e. The number of aliphatic hydroxyl groups is 1. The van der Waals surface area contributed by atoms with Gasteiger partial charge in [0.1, 0.15) is 5.82 Å². The van der Waals surface area contributed by atoms with Gasteiger partial charge in [-0.3, -0.25) is 0 Å². The first-order valence-corrected chi connectivity index (χ1v) is 6.67. The van der Waals surface area contributed by atoms with E-state index in [9.17, 15) is 9.50 Å². The molecule has 2 atom stereocenters. The highest BCUT2D eigenvalue weighted by Crippen LogP contribution is 2.29. The first kappa shape index (κ1) is 13.0. The summed E-state index contributed by atoms with van der Waals surface area (Å²) in [7, 11) is 0. The van der Waals surface area contributed by atoms with Gasteiger partial charge in [0.15, 0.2) is 0 Å². The van der Waals surface area contributed by atoms with Gasteiger partial charge in [-0.05, 0) is 52.5 Å². The minimum atomic E-state index is -0.717. The first-order chi connectivity index (χ1) is 8.01. The zero-order chi connectivity index (χ0) is 12.5. The van der Waals surface area contributed by atoms with E-state index in [-0.39, 0.29) is 11.7 Å². The highest BCUT2D eigenvalue weighted by Gasteiger charge is 2.35. The van der Waals surface area contributed by atoms with Crippen LogP contribution in [0.1, 0.15) is 18.9 Å². The highest BCUT2D eigenvalue weighted by molar-refractivity contribution is 9.10. The van der Waals surface area contributed by atoms with E-state index in [4.69, 9.17) is 0 Å². The van der Waals surface area contributed by atoms with Crippen LogP contribution < -0.4 is 5.32 Å². The van der Waals surface area contributed by atoms with Gasteiger partial charge in [-0.25, -0.2) is 4.39 Å². The molecule has 0 aromatic heterocycles. The van der Waals surface area contributed by atoms with Gasteiger partial charge in [0, 0.05) is 13.0 Å². The number of piperidine rings is 1. The molecule has 4 heteroatoms. The van der Waals surface area contributed by atoms with Crippen LogP contribution in [0.2, 0.25) is 0 Å². The second-order valence-corrected chi connectivity index (χ2v) is 5.74. The number of nitrogens with one attached hydrogen (secondary N) is 1. The molecule has 1 fully saturated rings. The van der Waals surface area contributed by atoms with Crippen LogP contribution in [-0.4, -0.2) is 23.8 Å². The first-order valence-electron chi connectivity index (χ1n) is 5.88. The summed E-state index contributed by atoms with van der Waals surface area (Å²) in [5, 5.41) is 13.8. The fraction of sp³-hybridized carbons (Fsp3) is 0.538. The summed E-state index contributed by atoms with van der Waals surface area (Å²) >= 11 is 3.13. The molecule has 1 heterocycles. The Balaban J connectivity index is 2.16. The topological polar surface area (TPSA) is 32.3 Å². The number of halogens is 2. The molecule has 0 radical (unpaired) electrons. The Hall–Kier alpha value is -0.450. The van der Waals surface area contributed by atoms with Crippen molar-refractivity contribution in [1.29, 1.82) is 0 Å². The molecule has 2 rings (SSSR count). The Kier molecular flexibility index (Phi) is 3.85. The summed E-state index contributed by atoms with van der Waals surface area (Å²) in [6, 6.07) is 5.05. The Morgan fingerprint density at radius 3 is 3.00 bits per heavy atom. The maximum absolute atomic E-state index is 13.4. The molecule has 1 aromatic rings. The highest BCUT2D eigenvalue weighted by atomic mass is 79.9. The molecule has 1 saturated heterocycles. The zero-order valence-electron chi connectivity index (χ0n) is 9.84. The van der Waals surface area contributed by atoms with Gasteiger partial charge in [-0.15, -0.1) is 0 Å². The Morgan fingerprint density at radius 1 is 1.59 bits per heavy atom. The second kappa shape index (κ2) is 5.04. The monoisotopic (exact) mass is 301 g/mol. The molecule has 1 aliphatic heterocycles. The van der Waals surface area contributed by atoms with Crippen LogP contribution in [0, 0.1) is 11.7 Å². The van der Waals surface area contributed by atoms with Crippen LogP contribution in [0.15, 0.2) is 22.7 Å². The van der Waals surface area contributed by atoms with Crippen LogP contribution in [-0.2, 0) is 6.42 Å².